The molecule has 1 nitrogen and oxygen atoms in total. The average molecular weight is 243 g/mol. The van der Waals surface area contributed by atoms with Crippen LogP contribution in [0.15, 0.2) is 43.0 Å². The number of hydrogen-bond acceptors (Lipinski definition) is 1. The molecule has 0 amide bonds. The second-order valence-electron chi connectivity index (χ2n) is 5.43. The molecule has 0 aromatic heterocycles. The van der Waals surface area contributed by atoms with Crippen molar-refractivity contribution in [3.05, 3.63) is 48.6 Å². The average Bonchev–Trinajstić information content (AvgIpc) is 2.42. The zero-order valence-corrected chi connectivity index (χ0v) is 11.6. The van der Waals surface area contributed by atoms with Crippen molar-refractivity contribution in [2.24, 2.45) is 0 Å². The van der Waals surface area contributed by atoms with Gasteiger partial charge in [-0.3, -0.25) is 4.90 Å². The van der Waals surface area contributed by atoms with Gasteiger partial charge in [0, 0.05) is 12.1 Å². The second kappa shape index (κ2) is 6.19. The fourth-order valence-corrected chi connectivity index (χ4v) is 3.25. The molecule has 1 heterocycles. The lowest BCUT2D eigenvalue weighted by molar-refractivity contribution is 0.0371. The van der Waals surface area contributed by atoms with Crippen LogP contribution in [0, 0.1) is 0 Å². The molecule has 1 fully saturated rings. The Hall–Kier alpha value is -1.08. The predicted molar refractivity (Wildman–Crippen MR) is 78.5 cm³/mol. The summed E-state index contributed by atoms with van der Waals surface area (Å²) >= 11 is 0. The normalized spacial score (nSPS) is 24.9. The molecular weight excluding hydrogens is 218 g/mol. The maximum atomic E-state index is 3.96. The second-order valence-corrected chi connectivity index (χ2v) is 5.43. The first kappa shape index (κ1) is 13.4. The summed E-state index contributed by atoms with van der Waals surface area (Å²) in [6.07, 6.45) is 8.48. The summed E-state index contributed by atoms with van der Waals surface area (Å²) in [5.74, 6) is 0. The Kier molecular flexibility index (Phi) is 4.60. The molecule has 1 unspecified atom stereocenters. The smallest absolute Gasteiger partial charge is 0.0244 e. The Morgan fingerprint density at radius 1 is 1.28 bits per heavy atom. The van der Waals surface area contributed by atoms with Crippen LogP contribution in [0.1, 0.15) is 44.6 Å². The first-order valence-corrected chi connectivity index (χ1v) is 7.20. The molecule has 0 aliphatic carbocycles. The van der Waals surface area contributed by atoms with Crippen LogP contribution in [0.25, 0.3) is 0 Å². The Morgan fingerprint density at radius 2 is 2.06 bits per heavy atom. The summed E-state index contributed by atoms with van der Waals surface area (Å²) in [5.41, 5.74) is 1.79. The van der Waals surface area contributed by atoms with Gasteiger partial charge in [0.25, 0.3) is 0 Å². The summed E-state index contributed by atoms with van der Waals surface area (Å²) in [7, 11) is 0. The van der Waals surface area contributed by atoms with Crippen LogP contribution in [0.2, 0.25) is 0 Å². The van der Waals surface area contributed by atoms with Crippen LogP contribution >= 0.6 is 0 Å². The van der Waals surface area contributed by atoms with Crippen molar-refractivity contribution in [1.82, 2.24) is 4.90 Å². The Labute approximate surface area is 112 Å². The Morgan fingerprint density at radius 3 is 2.72 bits per heavy atom. The van der Waals surface area contributed by atoms with Gasteiger partial charge >= 0.3 is 0 Å². The molecule has 0 N–H and O–H groups in total. The molecule has 0 radical (unpaired) electrons. The highest BCUT2D eigenvalue weighted by atomic mass is 15.2. The van der Waals surface area contributed by atoms with Crippen molar-refractivity contribution in [3.8, 4) is 0 Å². The van der Waals surface area contributed by atoms with Gasteiger partial charge in [0.2, 0.25) is 0 Å². The highest BCUT2D eigenvalue weighted by Gasteiger charge is 2.35. The third-order valence-corrected chi connectivity index (χ3v) is 4.39. The molecule has 2 rings (SSSR count). The molecule has 1 heteroatoms. The lowest BCUT2D eigenvalue weighted by Gasteiger charge is -2.47. The van der Waals surface area contributed by atoms with Crippen molar-refractivity contribution < 1.29 is 0 Å². The van der Waals surface area contributed by atoms with E-state index in [9.17, 15) is 0 Å². The molecule has 1 aromatic carbocycles. The van der Waals surface area contributed by atoms with Crippen molar-refractivity contribution in [2.75, 3.05) is 6.54 Å². The zero-order valence-electron chi connectivity index (χ0n) is 11.6. The standard InChI is InChI=1S/C17H25N/c1-3-12-17(4-2)13-8-9-14-18(17)15-16-10-6-5-7-11-16/h3,5-7,10-11H,1,4,8-9,12-15H2,2H3. The first-order valence-electron chi connectivity index (χ1n) is 7.20. The minimum Gasteiger partial charge on any atom is -0.293 e. The van der Waals surface area contributed by atoms with Crippen LogP contribution < -0.4 is 0 Å². The van der Waals surface area contributed by atoms with Gasteiger partial charge < -0.3 is 0 Å². The lowest BCUT2D eigenvalue weighted by Crippen LogP contribution is -2.50. The van der Waals surface area contributed by atoms with Crippen LogP contribution in [-0.2, 0) is 6.54 Å². The molecule has 0 bridgehead atoms. The van der Waals surface area contributed by atoms with E-state index in [0.29, 0.717) is 5.54 Å². The molecule has 1 saturated heterocycles. The van der Waals surface area contributed by atoms with E-state index in [0.717, 1.165) is 13.0 Å². The number of nitrogens with zero attached hydrogens (tertiary/aromatic N) is 1. The van der Waals surface area contributed by atoms with E-state index in [1.54, 1.807) is 0 Å². The zero-order chi connectivity index (χ0) is 12.8. The Bertz CT molecular complexity index is 370. The van der Waals surface area contributed by atoms with Crippen LogP contribution in [0.4, 0.5) is 0 Å². The highest BCUT2D eigenvalue weighted by Crippen LogP contribution is 2.35. The van der Waals surface area contributed by atoms with Gasteiger partial charge in [-0.2, -0.15) is 0 Å². The van der Waals surface area contributed by atoms with Gasteiger partial charge in [0.1, 0.15) is 0 Å². The van der Waals surface area contributed by atoms with E-state index < -0.39 is 0 Å². The monoisotopic (exact) mass is 243 g/mol. The van der Waals surface area contributed by atoms with E-state index in [-0.39, 0.29) is 0 Å². The minimum absolute atomic E-state index is 0.357. The quantitative estimate of drug-likeness (QED) is 0.693. The van der Waals surface area contributed by atoms with Gasteiger partial charge in [0.05, 0.1) is 0 Å². The molecule has 1 aliphatic rings. The number of hydrogen-bond donors (Lipinski definition) is 0. The van der Waals surface area contributed by atoms with Crippen LogP contribution in [-0.4, -0.2) is 17.0 Å². The van der Waals surface area contributed by atoms with Gasteiger partial charge in [-0.15, -0.1) is 6.58 Å². The summed E-state index contributed by atoms with van der Waals surface area (Å²) in [5, 5.41) is 0. The van der Waals surface area contributed by atoms with Crippen molar-refractivity contribution in [1.29, 1.82) is 0 Å². The van der Waals surface area contributed by atoms with Crippen LogP contribution in [0.5, 0.6) is 0 Å². The minimum atomic E-state index is 0.357. The summed E-state index contributed by atoms with van der Waals surface area (Å²) < 4.78 is 0. The third kappa shape index (κ3) is 2.84. The summed E-state index contributed by atoms with van der Waals surface area (Å²) in [6.45, 7) is 8.61. The summed E-state index contributed by atoms with van der Waals surface area (Å²) in [4.78, 5) is 2.69. The van der Waals surface area contributed by atoms with Gasteiger partial charge in [0.15, 0.2) is 0 Å². The van der Waals surface area contributed by atoms with Gasteiger partial charge in [-0.05, 0) is 37.8 Å². The summed E-state index contributed by atoms with van der Waals surface area (Å²) in [6, 6.07) is 10.9. The third-order valence-electron chi connectivity index (χ3n) is 4.39. The molecule has 98 valence electrons. The van der Waals surface area contributed by atoms with E-state index in [1.165, 1.54) is 37.8 Å². The van der Waals surface area contributed by atoms with Crippen molar-refractivity contribution in [2.45, 2.75) is 51.1 Å². The molecule has 1 atom stereocenters. The highest BCUT2D eigenvalue weighted by molar-refractivity contribution is 5.15. The molecular formula is C17H25N. The fraction of sp³-hybridized carbons (Fsp3) is 0.529. The Balaban J connectivity index is 2.14. The van der Waals surface area contributed by atoms with Gasteiger partial charge in [-0.25, -0.2) is 0 Å². The molecule has 18 heavy (non-hydrogen) atoms. The predicted octanol–water partition coefficient (Wildman–Crippen LogP) is 4.40. The maximum Gasteiger partial charge on any atom is 0.0244 e. The lowest BCUT2D eigenvalue weighted by atomic mass is 9.81. The SMILES string of the molecule is C=CCC1(CC)CCCCN1Cc1ccccc1. The molecule has 1 aromatic rings. The fourth-order valence-electron chi connectivity index (χ4n) is 3.25. The van der Waals surface area contributed by atoms with Crippen molar-refractivity contribution in [3.63, 3.8) is 0 Å². The van der Waals surface area contributed by atoms with E-state index >= 15 is 0 Å². The number of benzene rings is 1. The molecule has 1 aliphatic heterocycles. The van der Waals surface area contributed by atoms with Gasteiger partial charge in [-0.1, -0.05) is 49.8 Å². The van der Waals surface area contributed by atoms with Crippen LogP contribution in [0.3, 0.4) is 0 Å². The van der Waals surface area contributed by atoms with E-state index in [1.807, 2.05) is 0 Å². The largest absolute Gasteiger partial charge is 0.293 e. The number of piperidine rings is 1. The maximum absolute atomic E-state index is 3.96. The first-order chi connectivity index (χ1) is 8.80. The topological polar surface area (TPSA) is 3.24 Å². The number of likely N-dealkylation sites (tertiary alicyclic amines) is 1. The van der Waals surface area contributed by atoms with Crippen molar-refractivity contribution >= 4 is 0 Å². The molecule has 0 spiro atoms. The van der Waals surface area contributed by atoms with E-state index in [4.69, 9.17) is 0 Å². The number of rotatable bonds is 5. The van der Waals surface area contributed by atoms with E-state index in [2.05, 4.69) is 54.8 Å². The molecule has 0 saturated carbocycles.